The topological polar surface area (TPSA) is 156 Å². The number of ether oxygens (including phenoxy) is 6. The number of rotatable bonds is 24. The van der Waals surface area contributed by atoms with Crippen molar-refractivity contribution in [2.45, 2.75) is 84.4 Å². The zero-order valence-corrected chi connectivity index (χ0v) is 28.8. The van der Waals surface area contributed by atoms with Gasteiger partial charge in [0.15, 0.2) is 4.90 Å². The number of hydrogen-bond acceptors (Lipinski definition) is 11. The second-order valence-electron chi connectivity index (χ2n) is 10.7. The van der Waals surface area contributed by atoms with Crippen molar-refractivity contribution < 1.29 is 165 Å². The Balaban J connectivity index is 3.39. The lowest BCUT2D eigenvalue weighted by Gasteiger charge is -2.37. The minimum Gasteiger partial charge on any atom is -0.395 e. The lowest BCUT2D eigenvalue weighted by molar-refractivity contribution is -0.595. The summed E-state index contributed by atoms with van der Waals surface area (Å²) in [6, 6.07) is 1.99. The van der Waals surface area contributed by atoms with Crippen LogP contribution in [-0.2, 0) is 38.4 Å². The van der Waals surface area contributed by atoms with E-state index < -0.39 is 129 Å². The van der Waals surface area contributed by atoms with Gasteiger partial charge in [0.25, 0.3) is 5.69 Å². The fourth-order valence-electron chi connectivity index (χ4n) is 3.24. The molecule has 0 fully saturated rings. The molecule has 0 amide bonds. The number of halogens is 27. The van der Waals surface area contributed by atoms with Crippen LogP contribution in [0.1, 0.15) is 0 Å². The second kappa shape index (κ2) is 17.3. The fourth-order valence-corrected chi connectivity index (χ4v) is 4.82. The molecule has 1 aromatic carbocycles. The monoisotopic (exact) mass is 1020 g/mol. The molecular formula is C22H11F27N2O11S. The quantitative estimate of drug-likeness (QED) is 0.0604. The van der Waals surface area contributed by atoms with Crippen LogP contribution < -0.4 is 0 Å². The standard InChI is InChI=1S/C22H11F27N2O11S/c23-10(24,7-50(5-6-52)63(55,56)9-4-2-1-3-8(9)51(53)54)57-13(30,31)14(32,33)59-17(38,39)18(40,41)61-21(46,47)22(48,49)62-20(44,45)19(42,43)60-16(36,37)15(34,35)58-12(28,29)11(25,26)27/h1-4,52H,5-7H2. The molecule has 370 valence electrons. The number of para-hydroxylation sites is 1. The van der Waals surface area contributed by atoms with Gasteiger partial charge in [0.05, 0.1) is 11.5 Å². The number of aliphatic hydroxyl groups excluding tert-OH is 1. The molecule has 41 heteroatoms. The molecular weight excluding hydrogens is 1010 g/mol. The van der Waals surface area contributed by atoms with Crippen molar-refractivity contribution in [3.05, 3.63) is 34.4 Å². The molecule has 0 unspecified atom stereocenters. The van der Waals surface area contributed by atoms with Gasteiger partial charge in [0, 0.05) is 12.6 Å². The van der Waals surface area contributed by atoms with Crippen molar-refractivity contribution in [3.63, 3.8) is 0 Å². The van der Waals surface area contributed by atoms with Crippen LogP contribution in [0.25, 0.3) is 0 Å². The first-order chi connectivity index (χ1) is 27.3. The summed E-state index contributed by atoms with van der Waals surface area (Å²) in [5.74, 6) is 0. The van der Waals surface area contributed by atoms with Crippen molar-refractivity contribution in [2.24, 2.45) is 0 Å². The Morgan fingerprint density at radius 1 is 0.492 bits per heavy atom. The Bertz CT molecular complexity index is 1880. The van der Waals surface area contributed by atoms with Gasteiger partial charge in [-0.25, -0.2) is 36.8 Å². The number of aliphatic hydroxyl groups is 1. The summed E-state index contributed by atoms with van der Waals surface area (Å²) < 4.78 is 395. The fraction of sp³-hybridized carbons (Fsp3) is 0.727. The van der Waals surface area contributed by atoms with Crippen molar-refractivity contribution in [1.29, 1.82) is 0 Å². The van der Waals surface area contributed by atoms with E-state index >= 15 is 0 Å². The average molecular weight is 1020 g/mol. The van der Waals surface area contributed by atoms with E-state index in [1.807, 2.05) is 0 Å². The molecule has 0 spiro atoms. The lowest BCUT2D eigenvalue weighted by atomic mass is 10.3. The van der Waals surface area contributed by atoms with Gasteiger partial charge in [0.2, 0.25) is 10.0 Å². The van der Waals surface area contributed by atoms with E-state index in [4.69, 9.17) is 5.11 Å². The largest absolute Gasteiger partial charge is 0.483 e. The number of sulfonamides is 1. The van der Waals surface area contributed by atoms with E-state index in [2.05, 4.69) is 4.74 Å². The molecule has 0 aromatic heterocycles. The maximum Gasteiger partial charge on any atom is 0.483 e. The molecule has 1 aromatic rings. The van der Waals surface area contributed by atoms with Gasteiger partial charge < -0.3 is 5.11 Å². The highest BCUT2D eigenvalue weighted by atomic mass is 32.2. The highest BCUT2D eigenvalue weighted by molar-refractivity contribution is 7.89. The van der Waals surface area contributed by atoms with Crippen LogP contribution in [0, 0.1) is 10.1 Å². The third-order valence-corrected chi connectivity index (χ3v) is 7.87. The van der Waals surface area contributed by atoms with E-state index in [0.29, 0.717) is 12.1 Å². The Hall–Kier alpha value is -3.64. The molecule has 63 heavy (non-hydrogen) atoms. The molecule has 0 heterocycles. The molecule has 0 aliphatic carbocycles. The Labute approximate surface area is 324 Å². The summed E-state index contributed by atoms with van der Waals surface area (Å²) in [5.41, 5.74) is -1.49. The van der Waals surface area contributed by atoms with Crippen LogP contribution in [-0.4, -0.2) is 122 Å². The Morgan fingerprint density at radius 3 is 1.03 bits per heavy atom. The van der Waals surface area contributed by atoms with Crippen LogP contribution in [0.3, 0.4) is 0 Å². The van der Waals surface area contributed by atoms with Gasteiger partial charge in [0.1, 0.15) is 6.54 Å². The zero-order valence-electron chi connectivity index (χ0n) is 28.0. The van der Waals surface area contributed by atoms with Crippen LogP contribution in [0.15, 0.2) is 29.2 Å². The number of nitro benzene ring substituents is 1. The molecule has 0 atom stereocenters. The maximum absolute atomic E-state index is 14.4. The summed E-state index contributed by atoms with van der Waals surface area (Å²) in [4.78, 5) is 7.97. The predicted octanol–water partition coefficient (Wildman–Crippen LogP) is 8.35. The SMILES string of the molecule is O=[N+]([O-])c1ccccc1S(=O)(=O)N(CCO)CC(F)(F)OC(F)(F)C(F)(F)OC(F)(F)C(F)(F)OC(F)(F)C(F)(F)OC(F)(F)C(F)(F)OC(F)(F)C(F)(F)OC(F)(F)C(F)(F)F. The number of alkyl halides is 27. The maximum atomic E-state index is 14.4. The van der Waals surface area contributed by atoms with Crippen molar-refractivity contribution in [1.82, 2.24) is 4.31 Å². The summed E-state index contributed by atoms with van der Waals surface area (Å²) in [6.45, 7) is -6.56. The van der Waals surface area contributed by atoms with Gasteiger partial charge in [-0.3, -0.25) is 10.1 Å². The number of nitro groups is 1. The number of hydrogen-bond donors (Lipinski definition) is 1. The van der Waals surface area contributed by atoms with Crippen LogP contribution >= 0.6 is 0 Å². The van der Waals surface area contributed by atoms with E-state index in [9.17, 15) is 137 Å². The smallest absolute Gasteiger partial charge is 0.395 e. The van der Waals surface area contributed by atoms with Crippen molar-refractivity contribution in [3.8, 4) is 0 Å². The van der Waals surface area contributed by atoms with Gasteiger partial charge in [-0.15, -0.1) is 0 Å². The van der Waals surface area contributed by atoms with E-state index in [0.717, 1.165) is 20.3 Å². The molecule has 0 saturated carbocycles. The highest BCUT2D eigenvalue weighted by Gasteiger charge is 2.80. The minimum atomic E-state index is -8.38. The van der Waals surface area contributed by atoms with Crippen LogP contribution in [0.5, 0.6) is 0 Å². The Morgan fingerprint density at radius 2 is 0.762 bits per heavy atom. The molecule has 1 rings (SSSR count). The van der Waals surface area contributed by atoms with E-state index in [1.54, 1.807) is 0 Å². The summed E-state index contributed by atoms with van der Waals surface area (Å²) in [6.07, 6.45) is -103. The van der Waals surface area contributed by atoms with Crippen LogP contribution in [0.4, 0.5) is 124 Å². The third kappa shape index (κ3) is 12.6. The first-order valence-corrected chi connectivity index (χ1v) is 15.4. The van der Waals surface area contributed by atoms with E-state index in [1.165, 1.54) is 9.47 Å². The van der Waals surface area contributed by atoms with Gasteiger partial charge in [-0.1, -0.05) is 12.1 Å². The molecule has 0 radical (unpaired) electrons. The van der Waals surface area contributed by atoms with E-state index in [-0.39, 0.29) is 6.07 Å². The molecule has 0 aliphatic rings. The average Bonchev–Trinajstić information content (AvgIpc) is 3.00. The molecule has 1 N–H and O–H groups in total. The highest BCUT2D eigenvalue weighted by Crippen LogP contribution is 2.54. The molecule has 0 bridgehead atoms. The minimum absolute atomic E-state index is 0.252. The van der Waals surface area contributed by atoms with Crippen molar-refractivity contribution in [2.75, 3.05) is 19.7 Å². The predicted molar refractivity (Wildman–Crippen MR) is 131 cm³/mol. The lowest BCUT2D eigenvalue weighted by Crippen LogP contribution is -2.62. The third-order valence-electron chi connectivity index (χ3n) is 5.97. The number of benzene rings is 1. The van der Waals surface area contributed by atoms with Crippen LogP contribution in [0.2, 0.25) is 0 Å². The second-order valence-corrected chi connectivity index (χ2v) is 12.6. The summed E-state index contributed by atoms with van der Waals surface area (Å²) >= 11 is 0. The molecule has 0 aliphatic heterocycles. The first kappa shape index (κ1) is 57.4. The zero-order chi connectivity index (χ0) is 50.5. The number of nitrogens with zero attached hydrogens (tertiary/aromatic N) is 2. The molecule has 0 saturated heterocycles. The summed E-state index contributed by atoms with van der Waals surface area (Å²) in [5, 5.41) is 20.1. The first-order valence-electron chi connectivity index (χ1n) is 14.0. The molecule has 13 nitrogen and oxygen atoms in total. The Kier molecular flexibility index (Phi) is 15.8. The van der Waals surface area contributed by atoms with Gasteiger partial charge in [-0.2, -0.15) is 123 Å². The summed E-state index contributed by atoms with van der Waals surface area (Å²) in [7, 11) is -5.88. The van der Waals surface area contributed by atoms with Crippen molar-refractivity contribution >= 4 is 15.7 Å². The normalized spacial score (nSPS) is 15.6. The van der Waals surface area contributed by atoms with Gasteiger partial charge in [-0.05, 0) is 6.07 Å². The van der Waals surface area contributed by atoms with Gasteiger partial charge >= 0.3 is 79.5 Å².